The number of nitrogens with zero attached hydrogens (tertiary/aromatic N) is 3. The van der Waals surface area contributed by atoms with Gasteiger partial charge in [0.1, 0.15) is 0 Å². The van der Waals surface area contributed by atoms with Crippen molar-refractivity contribution in [2.45, 2.75) is 0 Å². The number of hydrogen-bond acceptors (Lipinski definition) is 0. The molecule has 0 fully saturated rings. The van der Waals surface area contributed by atoms with Crippen molar-refractivity contribution in [3.05, 3.63) is 370 Å². The lowest BCUT2D eigenvalue weighted by atomic mass is 9.89. The molecular weight excluding hydrogens is 1270 g/mol. The van der Waals surface area contributed by atoms with Gasteiger partial charge in [-0.3, -0.25) is 0 Å². The molecule has 0 spiro atoms. The van der Waals surface area contributed by atoms with Gasteiger partial charge in [0, 0.05) is 65.5 Å². The highest BCUT2D eigenvalue weighted by atomic mass is 15.0. The molecule has 3 aromatic heterocycles. The third-order valence-electron chi connectivity index (χ3n) is 23.1. The summed E-state index contributed by atoms with van der Waals surface area (Å²) in [5.74, 6) is 0. The van der Waals surface area contributed by atoms with Crippen molar-refractivity contribution in [1.82, 2.24) is 13.7 Å². The molecule has 0 saturated heterocycles. The van der Waals surface area contributed by atoms with Crippen LogP contribution in [0.3, 0.4) is 0 Å². The highest BCUT2D eigenvalue weighted by Crippen LogP contribution is 2.51. The molecule has 0 aliphatic heterocycles. The highest BCUT2D eigenvalue weighted by Gasteiger charge is 2.26. The molecule has 0 bridgehead atoms. The fourth-order valence-electron chi connectivity index (χ4n) is 18.6. The summed E-state index contributed by atoms with van der Waals surface area (Å²) in [6.45, 7) is 0. The van der Waals surface area contributed by atoms with Gasteiger partial charge in [-0.2, -0.15) is 0 Å². The van der Waals surface area contributed by atoms with Crippen LogP contribution in [0.1, 0.15) is 0 Å². The molecule has 3 heteroatoms. The molecule has 0 unspecified atom stereocenters. The Morgan fingerprint density at radius 1 is 0.124 bits per heavy atom. The second-order valence-corrected chi connectivity index (χ2v) is 28.5. The Kier molecular flexibility index (Phi) is 12.3. The quantitative estimate of drug-likeness (QED) is 0.112. The minimum Gasteiger partial charge on any atom is -0.309 e. The van der Waals surface area contributed by atoms with Crippen molar-refractivity contribution in [3.63, 3.8) is 0 Å². The maximum absolute atomic E-state index is 2.48. The third-order valence-corrected chi connectivity index (χ3v) is 23.1. The van der Waals surface area contributed by atoms with E-state index in [1.165, 1.54) is 224 Å². The van der Waals surface area contributed by atoms with Gasteiger partial charge in [-0.25, -0.2) is 0 Å². The zero-order valence-electron chi connectivity index (χ0n) is 57.1. The van der Waals surface area contributed by atoms with Crippen molar-refractivity contribution in [2.75, 3.05) is 0 Å². The Morgan fingerprint density at radius 3 is 0.724 bits per heavy atom. The van der Waals surface area contributed by atoms with E-state index in [2.05, 4.69) is 384 Å². The van der Waals surface area contributed by atoms with Gasteiger partial charge in [-0.05, 0) is 204 Å². The van der Waals surface area contributed by atoms with Gasteiger partial charge in [0.05, 0.1) is 33.1 Å². The van der Waals surface area contributed by atoms with Crippen LogP contribution in [0.5, 0.6) is 0 Å². The summed E-state index contributed by atoms with van der Waals surface area (Å²) < 4.78 is 7.34. The molecule has 22 aromatic carbocycles. The standard InChI is InChI=1S/2C38H23N.C26H15N/c1-3-9-24(10-4-1)28-21-29(25-11-5-2-6-12-25)23-30(22-28)39-33-16-8-15-32-31-14-7-13-26-17-18-27-19-20-34(39)38(37(32)33)36(27)35(26)31;1-2-6-24(7-3-1)25-12-14-26(15-13-25)27-18-21-30(22-19-27)39-33-11-5-10-32-31-9-4-8-28-16-17-29-20-23-34(39)38(37(32)33)36(29)35(28)31;1-2-7-18(8-3-1)27-21-11-5-10-20-19-9-4-6-16-12-13-17-14-15-22(27)26(25(20)21)24(17)23(16)19/h2*1-23H;1-15H. The fraction of sp³-hybridized carbons (Fsp3) is 0. The molecule has 105 heavy (non-hydrogen) atoms. The molecule has 0 atom stereocenters. The number of fused-ring (bicyclic) bond motifs is 3. The molecule has 3 nitrogen and oxygen atoms in total. The Balaban J connectivity index is 0.0000000978. The maximum Gasteiger partial charge on any atom is 0.0548 e. The number of rotatable bonds is 7. The monoisotopic (exact) mass is 1330 g/mol. The first-order valence-electron chi connectivity index (χ1n) is 36.5. The SMILES string of the molecule is c1ccc(-c2cc(-c3ccccc3)cc(-n3c4cccc5c6cccc7ccc8ccc3c(c8c76)c54)c2)cc1.c1ccc(-c2ccc(-c3ccc(-n4c5cccc6c7cccc8ccc9ccc4c(c9c87)c65)cc3)cc2)cc1.c1ccc(-n2c3cccc4c5cccc6ccc7ccc2c(c7c65)c43)cc1. The Bertz CT molecular complexity index is 7580. The Hall–Kier alpha value is -13.9. The van der Waals surface area contributed by atoms with Gasteiger partial charge < -0.3 is 13.7 Å². The second kappa shape index (κ2) is 22.3. The van der Waals surface area contributed by atoms with E-state index < -0.39 is 0 Å². The number of para-hydroxylation sites is 1. The van der Waals surface area contributed by atoms with Crippen LogP contribution in [0.4, 0.5) is 0 Å². The van der Waals surface area contributed by atoms with Crippen LogP contribution >= 0.6 is 0 Å². The van der Waals surface area contributed by atoms with Crippen LogP contribution in [0.25, 0.3) is 224 Å². The van der Waals surface area contributed by atoms with Crippen molar-refractivity contribution in [2.24, 2.45) is 0 Å². The van der Waals surface area contributed by atoms with Crippen molar-refractivity contribution >= 4 is 162 Å². The summed E-state index contributed by atoms with van der Waals surface area (Å²) in [7, 11) is 0. The summed E-state index contributed by atoms with van der Waals surface area (Å²) in [5.41, 5.74) is 21.0. The minimum atomic E-state index is 1.19. The van der Waals surface area contributed by atoms with Crippen LogP contribution in [-0.4, -0.2) is 13.7 Å². The average Bonchev–Trinajstić information content (AvgIpc) is 1.58. The van der Waals surface area contributed by atoms with E-state index >= 15 is 0 Å². The Morgan fingerprint density at radius 2 is 0.371 bits per heavy atom. The topological polar surface area (TPSA) is 14.8 Å². The molecule has 0 aliphatic carbocycles. The van der Waals surface area contributed by atoms with Gasteiger partial charge in [-0.1, -0.05) is 291 Å². The van der Waals surface area contributed by atoms with Crippen molar-refractivity contribution in [1.29, 1.82) is 0 Å². The van der Waals surface area contributed by atoms with Gasteiger partial charge in [-0.15, -0.1) is 0 Å². The number of hydrogen-bond donors (Lipinski definition) is 0. The number of benzene rings is 22. The summed E-state index contributed by atoms with van der Waals surface area (Å²) in [5, 5.41) is 32.5. The molecular formula is C102H61N3. The molecule has 0 saturated carbocycles. The maximum atomic E-state index is 2.48. The van der Waals surface area contributed by atoms with Crippen LogP contribution in [0.15, 0.2) is 370 Å². The second-order valence-electron chi connectivity index (χ2n) is 28.5. The lowest BCUT2D eigenvalue weighted by Gasteiger charge is -2.14. The molecule has 3 heterocycles. The molecule has 0 amide bonds. The van der Waals surface area contributed by atoms with Crippen LogP contribution < -0.4 is 0 Å². The summed E-state index contributed by atoms with van der Waals surface area (Å²) in [6.07, 6.45) is 0. The minimum absolute atomic E-state index is 1.19. The van der Waals surface area contributed by atoms with Gasteiger partial charge in [0.25, 0.3) is 0 Å². The lowest BCUT2D eigenvalue weighted by molar-refractivity contribution is 1.18. The lowest BCUT2D eigenvalue weighted by Crippen LogP contribution is -1.96. The molecule has 25 rings (SSSR count). The zero-order chi connectivity index (χ0) is 68.5. The van der Waals surface area contributed by atoms with Gasteiger partial charge >= 0.3 is 0 Å². The normalized spacial score (nSPS) is 12.2. The predicted octanol–water partition coefficient (Wildman–Crippen LogP) is 28.0. The van der Waals surface area contributed by atoms with Gasteiger partial charge in [0.15, 0.2) is 0 Å². The number of aromatic nitrogens is 3. The Labute approximate surface area is 603 Å². The largest absolute Gasteiger partial charge is 0.309 e. The van der Waals surface area contributed by atoms with E-state index in [-0.39, 0.29) is 0 Å². The summed E-state index contributed by atoms with van der Waals surface area (Å²) in [6, 6.07) is 135. The van der Waals surface area contributed by atoms with Crippen LogP contribution in [-0.2, 0) is 0 Å². The zero-order valence-corrected chi connectivity index (χ0v) is 57.1. The average molecular weight is 1330 g/mol. The first-order chi connectivity index (χ1) is 52.1. The van der Waals surface area contributed by atoms with Crippen LogP contribution in [0.2, 0.25) is 0 Å². The van der Waals surface area contributed by atoms with Crippen molar-refractivity contribution in [3.8, 4) is 61.6 Å². The van der Waals surface area contributed by atoms with E-state index in [1.807, 2.05) is 0 Å². The van der Waals surface area contributed by atoms with E-state index in [9.17, 15) is 0 Å². The van der Waals surface area contributed by atoms with Crippen LogP contribution in [0, 0.1) is 0 Å². The summed E-state index contributed by atoms with van der Waals surface area (Å²) >= 11 is 0. The van der Waals surface area contributed by atoms with Gasteiger partial charge in [0.2, 0.25) is 0 Å². The molecule has 25 aromatic rings. The molecule has 484 valence electrons. The predicted molar refractivity (Wildman–Crippen MR) is 449 cm³/mol. The van der Waals surface area contributed by atoms with E-state index in [4.69, 9.17) is 0 Å². The first kappa shape index (κ1) is 57.9. The molecule has 0 radical (unpaired) electrons. The highest BCUT2D eigenvalue weighted by molar-refractivity contribution is 6.43. The van der Waals surface area contributed by atoms with E-state index in [0.29, 0.717) is 0 Å². The fourth-order valence-corrected chi connectivity index (χ4v) is 18.6. The van der Waals surface area contributed by atoms with E-state index in [1.54, 1.807) is 0 Å². The molecule has 0 aliphatic rings. The van der Waals surface area contributed by atoms with E-state index in [0.717, 1.165) is 0 Å². The first-order valence-corrected chi connectivity index (χ1v) is 36.5. The summed E-state index contributed by atoms with van der Waals surface area (Å²) in [4.78, 5) is 0. The van der Waals surface area contributed by atoms with Crippen molar-refractivity contribution < 1.29 is 0 Å². The smallest absolute Gasteiger partial charge is 0.0548 e. The molecule has 0 N–H and O–H groups in total. The third kappa shape index (κ3) is 8.43.